The Morgan fingerprint density at radius 3 is 2.44 bits per heavy atom. The molecule has 1 atom stereocenters. The molecular formula is C31H29F2N5O6S. The van der Waals surface area contributed by atoms with E-state index in [2.05, 4.69) is 16.5 Å². The Hall–Kier alpha value is -4.98. The lowest BCUT2D eigenvalue weighted by Gasteiger charge is -2.40. The van der Waals surface area contributed by atoms with E-state index in [1.807, 2.05) is 0 Å². The van der Waals surface area contributed by atoms with Gasteiger partial charge in [-0.25, -0.2) is 31.5 Å². The molecule has 11 nitrogen and oxygen atoms in total. The summed E-state index contributed by atoms with van der Waals surface area (Å²) in [6.45, 7) is 8.74. The number of halogens is 2. The van der Waals surface area contributed by atoms with Gasteiger partial charge in [0, 0.05) is 38.9 Å². The number of aryl methyl sites for hydroxylation is 1. The Bertz CT molecular complexity index is 2060. The fourth-order valence-corrected chi connectivity index (χ4v) is 6.42. The van der Waals surface area contributed by atoms with Crippen molar-refractivity contribution in [3.05, 3.63) is 82.8 Å². The number of hydrogen-bond donors (Lipinski definition) is 0. The van der Waals surface area contributed by atoms with Crippen LogP contribution in [0.3, 0.4) is 0 Å². The summed E-state index contributed by atoms with van der Waals surface area (Å²) in [7, 11) is -3.91. The molecule has 0 N–H and O–H groups in total. The van der Waals surface area contributed by atoms with Crippen molar-refractivity contribution in [1.82, 2.24) is 19.4 Å². The minimum Gasteiger partial charge on any atom is -0.426 e. The van der Waals surface area contributed by atoms with E-state index in [-0.39, 0.29) is 64.8 Å². The molecule has 2 aromatic heterocycles. The van der Waals surface area contributed by atoms with E-state index in [4.69, 9.17) is 4.74 Å². The molecule has 1 amide bonds. The maximum absolute atomic E-state index is 16.1. The second kappa shape index (κ2) is 11.8. The smallest absolute Gasteiger partial charge is 0.355 e. The van der Waals surface area contributed by atoms with Crippen molar-refractivity contribution in [2.45, 2.75) is 31.7 Å². The van der Waals surface area contributed by atoms with Crippen LogP contribution in [0.1, 0.15) is 19.4 Å². The first-order chi connectivity index (χ1) is 21.2. The Balaban J connectivity index is 1.87. The number of amides is 1. The first-order valence-electron chi connectivity index (χ1n) is 13.8. The van der Waals surface area contributed by atoms with Crippen molar-refractivity contribution in [3.8, 4) is 22.7 Å². The third kappa shape index (κ3) is 5.80. The topological polar surface area (TPSA) is 132 Å². The first kappa shape index (κ1) is 31.4. The number of hydrogen-bond acceptors (Lipinski definition) is 9. The van der Waals surface area contributed by atoms with Gasteiger partial charge in [0.05, 0.1) is 21.5 Å². The molecule has 1 saturated heterocycles. The van der Waals surface area contributed by atoms with Crippen LogP contribution in [0.5, 0.6) is 5.75 Å². The number of fused-ring (bicyclic) bond motifs is 1. The van der Waals surface area contributed by atoms with E-state index in [1.54, 1.807) is 29.7 Å². The summed E-state index contributed by atoms with van der Waals surface area (Å²) < 4.78 is 63.2. The van der Waals surface area contributed by atoms with Crippen LogP contribution in [0.2, 0.25) is 0 Å². The number of rotatable bonds is 6. The number of sulfone groups is 1. The highest BCUT2D eigenvalue weighted by Crippen LogP contribution is 2.37. The summed E-state index contributed by atoms with van der Waals surface area (Å²) >= 11 is 0. The average Bonchev–Trinajstić information content (AvgIpc) is 2.96. The molecule has 234 valence electrons. The zero-order valence-electron chi connectivity index (χ0n) is 24.9. The normalized spacial score (nSPS) is 15.3. The van der Waals surface area contributed by atoms with Crippen molar-refractivity contribution in [1.29, 1.82) is 0 Å². The lowest BCUT2D eigenvalue weighted by atomic mass is 10.1. The molecular weight excluding hydrogens is 608 g/mol. The van der Waals surface area contributed by atoms with Gasteiger partial charge in [0.1, 0.15) is 23.1 Å². The Morgan fingerprint density at radius 1 is 1.09 bits per heavy atom. The maximum atomic E-state index is 16.1. The molecule has 3 heterocycles. The minimum absolute atomic E-state index is 0.0271. The molecule has 0 radical (unpaired) electrons. The van der Waals surface area contributed by atoms with Crippen LogP contribution in [0.25, 0.3) is 28.0 Å². The summed E-state index contributed by atoms with van der Waals surface area (Å²) in [5, 5.41) is 0.0271. The fraction of sp³-hybridized carbons (Fsp3) is 0.258. The van der Waals surface area contributed by atoms with Crippen LogP contribution in [0.15, 0.2) is 64.8 Å². The van der Waals surface area contributed by atoms with Crippen molar-refractivity contribution in [3.63, 3.8) is 0 Å². The van der Waals surface area contributed by atoms with Crippen LogP contribution in [0, 0.1) is 18.6 Å². The summed E-state index contributed by atoms with van der Waals surface area (Å²) in [5.41, 5.74) is -1.86. The largest absolute Gasteiger partial charge is 0.426 e. The van der Waals surface area contributed by atoms with Crippen molar-refractivity contribution < 1.29 is 31.5 Å². The van der Waals surface area contributed by atoms with Crippen molar-refractivity contribution in [2.24, 2.45) is 0 Å². The van der Waals surface area contributed by atoms with Gasteiger partial charge in [-0.3, -0.25) is 9.59 Å². The highest BCUT2D eigenvalue weighted by Gasteiger charge is 2.31. The van der Waals surface area contributed by atoms with E-state index in [9.17, 15) is 22.8 Å². The van der Waals surface area contributed by atoms with Gasteiger partial charge in [-0.2, -0.15) is 4.98 Å². The molecule has 0 unspecified atom stereocenters. The molecule has 14 heteroatoms. The number of para-hydroxylation sites is 1. The van der Waals surface area contributed by atoms with Gasteiger partial charge in [-0.05, 0) is 49.8 Å². The lowest BCUT2D eigenvalue weighted by molar-refractivity contribution is -0.132. The van der Waals surface area contributed by atoms with Crippen molar-refractivity contribution >= 4 is 38.6 Å². The number of benzene rings is 2. The second-order valence-electron chi connectivity index (χ2n) is 10.7. The van der Waals surface area contributed by atoms with Crippen LogP contribution < -0.4 is 15.3 Å². The fourth-order valence-electron chi connectivity index (χ4n) is 5.49. The van der Waals surface area contributed by atoms with Crippen molar-refractivity contribution in [2.75, 3.05) is 30.8 Å². The molecule has 45 heavy (non-hydrogen) atoms. The van der Waals surface area contributed by atoms with Crippen LogP contribution in [-0.2, 0) is 19.4 Å². The van der Waals surface area contributed by atoms with E-state index in [0.29, 0.717) is 5.56 Å². The number of aromatic nitrogens is 3. The molecule has 1 fully saturated rings. The molecule has 1 aliphatic heterocycles. The maximum Gasteiger partial charge on any atom is 0.355 e. The Labute approximate surface area is 257 Å². The molecule has 1 aliphatic rings. The quantitative estimate of drug-likeness (QED) is 0.177. The lowest BCUT2D eigenvalue weighted by Crippen LogP contribution is -2.54. The second-order valence-corrected chi connectivity index (χ2v) is 12.7. The predicted molar refractivity (Wildman–Crippen MR) is 163 cm³/mol. The number of ether oxygens (including phenoxy) is 1. The summed E-state index contributed by atoms with van der Waals surface area (Å²) in [5.74, 6) is -3.28. The molecule has 0 saturated carbocycles. The zero-order valence-corrected chi connectivity index (χ0v) is 25.7. The number of carbonyl (C=O) groups is 2. The van der Waals surface area contributed by atoms with Gasteiger partial charge >= 0.3 is 11.7 Å². The zero-order chi connectivity index (χ0) is 32.8. The summed E-state index contributed by atoms with van der Waals surface area (Å²) in [6.07, 6.45) is 2.18. The standard InChI is InChI=1S/C31H29F2N5O6S/c1-6-25(40)36-13-14-37(18(3)16-36)29-20-15-22(33)27(26-21(32)10-8-11-23(26)44-19(4)39)34-30(20)38(31(41)35-29)28-17(2)9-7-12-24(28)45(5,42)43/h6-12,15,18H,1,13-14,16H2,2-5H3/t18-/m0/s1. The summed E-state index contributed by atoms with van der Waals surface area (Å²) in [6, 6.07) is 8.65. The van der Waals surface area contributed by atoms with Crippen LogP contribution in [-0.4, -0.2) is 71.7 Å². The highest BCUT2D eigenvalue weighted by molar-refractivity contribution is 7.90. The molecule has 5 rings (SSSR count). The number of anilines is 1. The molecule has 4 aromatic rings. The number of piperazine rings is 1. The number of pyridine rings is 1. The monoisotopic (exact) mass is 637 g/mol. The number of nitrogens with zero attached hydrogens (tertiary/aromatic N) is 5. The molecule has 0 bridgehead atoms. The van der Waals surface area contributed by atoms with Gasteiger partial charge in [0.15, 0.2) is 21.3 Å². The van der Waals surface area contributed by atoms with E-state index >= 15 is 8.78 Å². The van der Waals surface area contributed by atoms with Gasteiger partial charge in [0.25, 0.3) is 0 Å². The van der Waals surface area contributed by atoms with Gasteiger partial charge < -0.3 is 14.5 Å². The first-order valence-corrected chi connectivity index (χ1v) is 15.7. The number of carbonyl (C=O) groups excluding carboxylic acids is 2. The number of esters is 1. The molecule has 2 aromatic carbocycles. The Morgan fingerprint density at radius 2 is 1.80 bits per heavy atom. The van der Waals surface area contributed by atoms with Crippen LogP contribution >= 0.6 is 0 Å². The van der Waals surface area contributed by atoms with Gasteiger partial charge in [-0.1, -0.05) is 24.8 Å². The third-order valence-electron chi connectivity index (χ3n) is 7.48. The SMILES string of the molecule is C=CC(=O)N1CCN(c2nc(=O)n(-c3c(C)cccc3S(C)(=O)=O)c3nc(-c4c(F)cccc4OC(C)=O)c(F)cc23)[C@@H](C)C1. The van der Waals surface area contributed by atoms with Gasteiger partial charge in [-0.15, -0.1) is 0 Å². The van der Waals surface area contributed by atoms with E-state index in [1.165, 1.54) is 30.3 Å². The highest BCUT2D eigenvalue weighted by atomic mass is 32.2. The average molecular weight is 638 g/mol. The predicted octanol–water partition coefficient (Wildman–Crippen LogP) is 3.59. The van der Waals surface area contributed by atoms with E-state index < -0.39 is 44.4 Å². The van der Waals surface area contributed by atoms with E-state index in [0.717, 1.165) is 29.9 Å². The third-order valence-corrected chi connectivity index (χ3v) is 8.61. The molecule has 0 aliphatic carbocycles. The Kier molecular flexibility index (Phi) is 8.27. The van der Waals surface area contributed by atoms with Gasteiger partial charge in [0.2, 0.25) is 5.91 Å². The minimum atomic E-state index is -3.91. The summed E-state index contributed by atoms with van der Waals surface area (Å²) in [4.78, 5) is 49.8. The molecule has 0 spiro atoms. The van der Waals surface area contributed by atoms with Crippen LogP contribution in [0.4, 0.5) is 14.6 Å².